The molecule has 1 aromatic heterocycles. The Morgan fingerprint density at radius 2 is 1.30 bits per heavy atom. The van der Waals surface area contributed by atoms with Gasteiger partial charge < -0.3 is 40.0 Å². The van der Waals surface area contributed by atoms with Gasteiger partial charge in [0.25, 0.3) is 11.8 Å². The first kappa shape index (κ1) is 54.1. The summed E-state index contributed by atoms with van der Waals surface area (Å²) >= 11 is 19.1. The van der Waals surface area contributed by atoms with Crippen LogP contribution in [0.4, 0.5) is 11.4 Å². The summed E-state index contributed by atoms with van der Waals surface area (Å²) in [5.74, 6) is -1.61. The summed E-state index contributed by atoms with van der Waals surface area (Å²) in [5, 5.41) is 17.3. The predicted octanol–water partition coefficient (Wildman–Crippen LogP) is 8.41. The normalized spacial score (nSPS) is 13.9. The van der Waals surface area contributed by atoms with E-state index in [1.165, 1.54) is 10.4 Å². The Kier molecular flexibility index (Phi) is 16.0. The molecule has 8 rings (SSSR count). The number of fused-ring (bicyclic) bond motifs is 6. The predicted molar refractivity (Wildman–Crippen MR) is 297 cm³/mol. The fourth-order valence-electron chi connectivity index (χ4n) is 10.00. The zero-order chi connectivity index (χ0) is 53.3. The van der Waals surface area contributed by atoms with Crippen LogP contribution in [0.3, 0.4) is 0 Å². The molecule has 3 N–H and O–H groups in total. The Morgan fingerprint density at radius 3 is 1.86 bits per heavy atom. The average molecular weight is 1080 g/mol. The maximum Gasteiger partial charge on any atom is 0.340 e. The topological polar surface area (TPSA) is 156 Å². The minimum atomic E-state index is -2.33. The first-order valence-electron chi connectivity index (χ1n) is 24.7. The van der Waals surface area contributed by atoms with E-state index in [9.17, 15) is 19.2 Å². The van der Waals surface area contributed by atoms with Gasteiger partial charge in [-0.25, -0.2) is 9.48 Å². The zero-order valence-corrected chi connectivity index (χ0v) is 46.4. The highest BCUT2D eigenvalue weighted by Gasteiger charge is 2.56. The van der Waals surface area contributed by atoms with E-state index >= 15 is 0 Å². The third-order valence-electron chi connectivity index (χ3n) is 14.3. The molecule has 0 bridgehead atoms. The van der Waals surface area contributed by atoms with Gasteiger partial charge in [-0.1, -0.05) is 86.0 Å². The maximum absolute atomic E-state index is 14.1. The van der Waals surface area contributed by atoms with Crippen molar-refractivity contribution in [2.45, 2.75) is 57.8 Å². The third kappa shape index (κ3) is 10.2. The summed E-state index contributed by atoms with van der Waals surface area (Å²) in [6, 6.07) is 30.1. The number of anilines is 2. The van der Waals surface area contributed by atoms with Crippen LogP contribution in [0, 0.1) is 6.92 Å². The van der Waals surface area contributed by atoms with Gasteiger partial charge in [-0.2, -0.15) is 5.10 Å². The van der Waals surface area contributed by atoms with Gasteiger partial charge in [0.1, 0.15) is 13.6 Å². The van der Waals surface area contributed by atoms with E-state index in [1.807, 2.05) is 54.2 Å². The van der Waals surface area contributed by atoms with Crippen LogP contribution in [0.15, 0.2) is 97.1 Å². The Morgan fingerprint density at radius 1 is 0.716 bits per heavy atom. The molecule has 1 spiro atoms. The maximum atomic E-state index is 14.1. The number of hydrogen-bond acceptors (Lipinski definition) is 10. The Balaban J connectivity index is 0.847. The van der Waals surface area contributed by atoms with Crippen molar-refractivity contribution in [2.24, 2.45) is 0 Å². The van der Waals surface area contributed by atoms with Crippen molar-refractivity contribution in [3.8, 4) is 16.9 Å². The quantitative estimate of drug-likeness (QED) is 0.0409. The number of carbonyl (C=O) groups is 4. The molecule has 0 fully saturated rings. The number of hydrogen-bond donors (Lipinski definition) is 3. The van der Waals surface area contributed by atoms with Gasteiger partial charge in [0.05, 0.1) is 48.4 Å². The van der Waals surface area contributed by atoms with Gasteiger partial charge in [0, 0.05) is 96.1 Å². The number of rotatable bonds is 19. The summed E-state index contributed by atoms with van der Waals surface area (Å²) in [4.78, 5) is 59.5. The largest absolute Gasteiger partial charge is 0.441 e. The summed E-state index contributed by atoms with van der Waals surface area (Å²) in [5.41, 5.74) is 5.60. The standard InChI is InChI=1S/C56H62Cl3N7O7Si/c1-10-55(11-2,62-52(68)49-34(3)50(35-12-15-37(57)16-13-35)66(63-49)46-23-17-38(58)31-45(46)59)54(70)61-25-27-72-29-28-71-26-24-60-51(67)36-14-20-41-44(30-36)56(73-53(41)69)42-21-18-39(64(4)5)32-47(42)74(8,9)48-33-40(65(6)7)19-22-43(48)56/h12-23,30-33H,10-11,24-29H2,1-9H3,(H,60,67)(H,61,70)(H,62,68). The average Bonchev–Trinajstić information content (AvgIpc) is 3.88. The van der Waals surface area contributed by atoms with Crippen LogP contribution >= 0.6 is 34.8 Å². The number of halogens is 3. The van der Waals surface area contributed by atoms with Gasteiger partial charge >= 0.3 is 5.97 Å². The number of amides is 3. The summed E-state index contributed by atoms with van der Waals surface area (Å²) in [6.45, 7) is 11.5. The van der Waals surface area contributed by atoms with Gasteiger partial charge in [0.15, 0.2) is 11.3 Å². The van der Waals surface area contributed by atoms with Gasteiger partial charge in [-0.3, -0.25) is 14.4 Å². The smallest absolute Gasteiger partial charge is 0.340 e. The Hall–Kier alpha value is -6.20. The van der Waals surface area contributed by atoms with E-state index in [4.69, 9.17) is 54.1 Å². The van der Waals surface area contributed by atoms with Gasteiger partial charge in [-0.15, -0.1) is 0 Å². The molecule has 2 aliphatic rings. The molecule has 3 heterocycles. The Labute approximate surface area is 448 Å². The van der Waals surface area contributed by atoms with Crippen molar-refractivity contribution in [3.05, 3.63) is 151 Å². The molecule has 74 heavy (non-hydrogen) atoms. The number of aromatic nitrogens is 2. The van der Waals surface area contributed by atoms with Crippen LogP contribution in [-0.2, 0) is 24.6 Å². The van der Waals surface area contributed by atoms with Crippen molar-refractivity contribution in [1.82, 2.24) is 25.7 Å². The molecule has 388 valence electrons. The van der Waals surface area contributed by atoms with Gasteiger partial charge in [0.2, 0.25) is 5.91 Å². The summed E-state index contributed by atoms with van der Waals surface area (Å²) in [7, 11) is 5.73. The molecule has 18 heteroatoms. The van der Waals surface area contributed by atoms with Crippen LogP contribution in [0.25, 0.3) is 16.9 Å². The minimum Gasteiger partial charge on any atom is -0.441 e. The van der Waals surface area contributed by atoms with Crippen LogP contribution in [-0.4, -0.2) is 115 Å². The summed E-state index contributed by atoms with van der Waals surface area (Å²) < 4.78 is 19.7. The number of nitrogens with zero attached hydrogens (tertiary/aromatic N) is 4. The van der Waals surface area contributed by atoms with Crippen LogP contribution < -0.4 is 36.1 Å². The lowest BCUT2D eigenvalue weighted by molar-refractivity contribution is -0.128. The van der Waals surface area contributed by atoms with E-state index in [0.29, 0.717) is 61.5 Å². The number of nitrogens with one attached hydrogen (secondary N) is 3. The number of carbonyl (C=O) groups excluding carboxylic acids is 4. The second kappa shape index (κ2) is 21.9. The molecular formula is C56H62Cl3N7O7Si. The van der Waals surface area contributed by atoms with Gasteiger partial charge in [-0.05, 0) is 103 Å². The van der Waals surface area contributed by atoms with Crippen molar-refractivity contribution in [3.63, 3.8) is 0 Å². The van der Waals surface area contributed by atoms with Crippen LogP contribution in [0.1, 0.15) is 80.1 Å². The van der Waals surface area contributed by atoms with E-state index in [0.717, 1.165) is 28.1 Å². The fourth-order valence-corrected chi connectivity index (χ4v) is 13.8. The molecule has 2 aliphatic heterocycles. The first-order chi connectivity index (χ1) is 35.3. The molecule has 5 aromatic carbocycles. The van der Waals surface area contributed by atoms with Crippen LogP contribution in [0.5, 0.6) is 0 Å². The molecule has 3 amide bonds. The number of ether oxygens (including phenoxy) is 3. The molecule has 0 unspecified atom stereocenters. The highest BCUT2D eigenvalue weighted by atomic mass is 35.5. The van der Waals surface area contributed by atoms with E-state index in [1.54, 1.807) is 60.1 Å². The SMILES string of the molecule is CCC(CC)(NC(=O)c1nn(-c2ccc(Cl)cc2Cl)c(-c2ccc(Cl)cc2)c1C)C(=O)NCCOCCOCCNC(=O)c1ccc2c(c1)C1(OC2=O)c2ccc(N(C)C)cc2[Si](C)(C)c2cc(N(C)C)ccc21. The highest BCUT2D eigenvalue weighted by Crippen LogP contribution is 2.50. The van der Waals surface area contributed by atoms with Crippen molar-refractivity contribution in [1.29, 1.82) is 0 Å². The molecule has 0 aliphatic carbocycles. The Bertz CT molecular complexity index is 3080. The number of esters is 1. The lowest BCUT2D eigenvalue weighted by atomic mass is 9.78. The van der Waals surface area contributed by atoms with Crippen molar-refractivity contribution in [2.75, 3.05) is 77.5 Å². The minimum absolute atomic E-state index is 0.132. The zero-order valence-electron chi connectivity index (χ0n) is 43.2. The first-order valence-corrected chi connectivity index (χ1v) is 28.8. The van der Waals surface area contributed by atoms with E-state index in [2.05, 4.69) is 75.2 Å². The van der Waals surface area contributed by atoms with E-state index in [-0.39, 0.29) is 57.0 Å². The second-order valence-corrected chi connectivity index (χ2v) is 25.1. The lowest BCUT2D eigenvalue weighted by Gasteiger charge is -2.44. The van der Waals surface area contributed by atoms with Crippen molar-refractivity contribution < 1.29 is 33.4 Å². The fraction of sp³-hybridized carbons (Fsp3) is 0.339. The van der Waals surface area contributed by atoms with Crippen molar-refractivity contribution >= 4 is 88.3 Å². The number of benzene rings is 5. The monoisotopic (exact) mass is 1080 g/mol. The molecule has 0 saturated heterocycles. The molecule has 14 nitrogen and oxygen atoms in total. The second-order valence-electron chi connectivity index (χ2n) is 19.5. The molecular weight excluding hydrogens is 1020 g/mol. The molecule has 0 atom stereocenters. The molecule has 0 saturated carbocycles. The summed E-state index contributed by atoms with van der Waals surface area (Å²) in [6.07, 6.45) is 0.637. The highest BCUT2D eigenvalue weighted by molar-refractivity contribution is 7.01. The van der Waals surface area contributed by atoms with Crippen LogP contribution in [0.2, 0.25) is 28.2 Å². The molecule has 0 radical (unpaired) electrons. The van der Waals surface area contributed by atoms with E-state index < -0.39 is 31.1 Å². The third-order valence-corrected chi connectivity index (χ3v) is 18.6. The lowest BCUT2D eigenvalue weighted by Crippen LogP contribution is -2.63. The molecule has 6 aromatic rings.